The van der Waals surface area contributed by atoms with Crippen LogP contribution in [0.25, 0.3) is 0 Å². The molecule has 0 radical (unpaired) electrons. The van der Waals surface area contributed by atoms with Gasteiger partial charge < -0.3 is 0 Å². The first-order valence-electron chi connectivity index (χ1n) is 4.10. The average molecular weight is 399 g/mol. The zero-order valence-corrected chi connectivity index (χ0v) is 11.3. The molecule has 0 atom stereocenters. The Balaban J connectivity index is 5.57. The monoisotopic (exact) mass is 400 g/mol. The third-order valence-corrected chi connectivity index (χ3v) is 5.61. The fraction of sp³-hybridized carbons (Fsp3) is 1.00. The van der Waals surface area contributed by atoms with Crippen LogP contribution in [-0.4, -0.2) is 48.7 Å². The first kappa shape index (κ1) is 17.9. The molecule has 0 saturated carbocycles. The summed E-state index contributed by atoms with van der Waals surface area (Å²) in [6.07, 6.45) is -6.91. The Morgan fingerprint density at radius 3 is 1.56 bits per heavy atom. The van der Waals surface area contributed by atoms with Crippen LogP contribution in [0.2, 0.25) is 0 Å². The van der Waals surface area contributed by atoms with Crippen LogP contribution in [-0.2, 0) is 6.15 Å². The molecule has 0 heterocycles. The second kappa shape index (κ2) is 5.13. The fourth-order valence-corrected chi connectivity index (χ4v) is 3.17. The van der Waals surface area contributed by atoms with Crippen LogP contribution in [0.4, 0.5) is 39.5 Å². The quantitative estimate of drug-likeness (QED) is 0.526. The summed E-state index contributed by atoms with van der Waals surface area (Å²) in [6.45, 7) is 0.163. The second-order valence-corrected chi connectivity index (χ2v) is 7.20. The van der Waals surface area contributed by atoms with Crippen molar-refractivity contribution in [1.82, 2.24) is 0 Å². The van der Waals surface area contributed by atoms with Crippen molar-refractivity contribution in [3.05, 3.63) is 0 Å². The van der Waals surface area contributed by atoms with E-state index in [9.17, 15) is 42.6 Å². The molecule has 0 aliphatic heterocycles. The van der Waals surface area contributed by atoms with E-state index in [-0.39, 0.29) is 0 Å². The Hall–Kier alpha value is -0.0713. The van der Waals surface area contributed by atoms with Gasteiger partial charge in [0, 0.05) is 0 Å². The van der Waals surface area contributed by atoms with Gasteiger partial charge in [0.2, 0.25) is 0 Å². The number of rotatable bonds is 5. The van der Waals surface area contributed by atoms with E-state index < -0.39 is 48.7 Å². The molecule has 108 valence electrons. The van der Waals surface area contributed by atoms with E-state index in [1.54, 1.807) is 0 Å². The summed E-state index contributed by atoms with van der Waals surface area (Å²) in [5, 5.41) is 0. The fourth-order valence-electron chi connectivity index (χ4n) is 0.725. The minimum atomic E-state index is -7.02. The number of alkyl halides is 9. The van der Waals surface area contributed by atoms with Gasteiger partial charge in [0.1, 0.15) is 0 Å². The van der Waals surface area contributed by atoms with Crippen LogP contribution < -0.4 is 0 Å². The third kappa shape index (κ3) is 2.75. The second-order valence-electron chi connectivity index (χ2n) is 2.94. The summed E-state index contributed by atoms with van der Waals surface area (Å²) in [7, 11) is 0. The van der Waals surface area contributed by atoms with E-state index in [4.69, 9.17) is 0 Å². The van der Waals surface area contributed by atoms with E-state index in [1.807, 2.05) is 0 Å². The molecule has 0 bridgehead atoms. The molecule has 0 unspecified atom stereocenters. The van der Waals surface area contributed by atoms with Crippen LogP contribution in [0.15, 0.2) is 0 Å². The number of halogens is 9. The molecule has 0 aliphatic carbocycles. The van der Waals surface area contributed by atoms with Gasteiger partial charge in [0.05, 0.1) is 0 Å². The predicted octanol–water partition coefficient (Wildman–Crippen LogP) is 2.95. The van der Waals surface area contributed by atoms with Crippen molar-refractivity contribution < 1.29 is 45.7 Å². The van der Waals surface area contributed by atoms with Gasteiger partial charge in [-0.05, 0) is 0 Å². The van der Waals surface area contributed by atoms with Gasteiger partial charge in [-0.25, -0.2) is 0 Å². The Morgan fingerprint density at radius 2 is 1.28 bits per heavy atom. The first-order valence-corrected chi connectivity index (χ1v) is 7.86. The van der Waals surface area contributed by atoms with Gasteiger partial charge in [0.25, 0.3) is 0 Å². The summed E-state index contributed by atoms with van der Waals surface area (Å²) >= 11 is -6.13. The molecule has 0 fully saturated rings. The molecule has 0 saturated heterocycles. The SMILES string of the molecule is CC[O][Sn](=[O])[C](F)(F)C(F)(F)C(F)(F)C(F)(F)F. The van der Waals surface area contributed by atoms with E-state index in [2.05, 4.69) is 3.07 Å². The van der Waals surface area contributed by atoms with Crippen molar-refractivity contribution in [2.75, 3.05) is 6.61 Å². The van der Waals surface area contributed by atoms with E-state index in [0.717, 1.165) is 6.92 Å². The summed E-state index contributed by atoms with van der Waals surface area (Å²) in [6, 6.07) is 0. The van der Waals surface area contributed by atoms with Gasteiger partial charge in [-0.3, -0.25) is 0 Å². The molecule has 2 nitrogen and oxygen atoms in total. The van der Waals surface area contributed by atoms with Crippen molar-refractivity contribution >= 4 is 20.2 Å². The van der Waals surface area contributed by atoms with Crippen molar-refractivity contribution in [3.63, 3.8) is 0 Å². The zero-order valence-electron chi connectivity index (χ0n) is 8.43. The van der Waals surface area contributed by atoms with E-state index >= 15 is 0 Å². The van der Waals surface area contributed by atoms with Crippen LogP contribution in [0.5, 0.6) is 0 Å². The van der Waals surface area contributed by atoms with Crippen molar-refractivity contribution in [1.29, 1.82) is 0 Å². The van der Waals surface area contributed by atoms with Crippen LogP contribution in [0, 0.1) is 0 Å². The van der Waals surface area contributed by atoms with E-state index in [1.165, 1.54) is 0 Å². The molecular formula is C6H5F9O2Sn. The van der Waals surface area contributed by atoms with Crippen LogP contribution >= 0.6 is 0 Å². The predicted molar refractivity (Wildman–Crippen MR) is 39.0 cm³/mol. The molecule has 0 aliphatic rings. The molecule has 0 aromatic heterocycles. The van der Waals surface area contributed by atoms with Gasteiger partial charge in [-0.15, -0.1) is 0 Å². The van der Waals surface area contributed by atoms with E-state index in [0.29, 0.717) is 0 Å². The van der Waals surface area contributed by atoms with Crippen LogP contribution in [0.3, 0.4) is 0 Å². The van der Waals surface area contributed by atoms with Crippen molar-refractivity contribution in [2.24, 2.45) is 0 Å². The standard InChI is InChI=1S/C4F9.C2H5O.O.Sn/c5-1(6)2(7,8)3(9,10)4(11,12)13;1-2-3;;/h;2H2,1H3;;/q;-1;;+1. The van der Waals surface area contributed by atoms with Crippen molar-refractivity contribution in [2.45, 2.75) is 28.9 Å². The maximum absolute atomic E-state index is 12.7. The zero-order chi connectivity index (χ0) is 15.0. The maximum atomic E-state index is 12.7. The van der Waals surface area contributed by atoms with Gasteiger partial charge in [0.15, 0.2) is 0 Å². The normalized spacial score (nSPS) is 14.8. The Labute approximate surface area is 102 Å². The molecule has 12 heteroatoms. The van der Waals surface area contributed by atoms with Gasteiger partial charge in [-0.2, -0.15) is 0 Å². The summed E-state index contributed by atoms with van der Waals surface area (Å²) < 4.78 is 118. The molecular weight excluding hydrogens is 394 g/mol. The summed E-state index contributed by atoms with van der Waals surface area (Å²) in [4.78, 5) is 0. The average Bonchev–Trinajstić information content (AvgIpc) is 2.15. The van der Waals surface area contributed by atoms with Gasteiger partial charge >= 0.3 is 101 Å². The Bertz CT molecular complexity index is 324. The molecule has 0 spiro atoms. The summed E-state index contributed by atoms with van der Waals surface area (Å²) in [5.74, 6) is -13.9. The van der Waals surface area contributed by atoms with Crippen molar-refractivity contribution in [3.8, 4) is 0 Å². The molecule has 0 amide bonds. The Morgan fingerprint density at radius 1 is 0.889 bits per heavy atom. The number of hydrogen-bond acceptors (Lipinski definition) is 2. The molecule has 18 heavy (non-hydrogen) atoms. The molecule has 0 N–H and O–H groups in total. The topological polar surface area (TPSA) is 26.3 Å². The third-order valence-electron chi connectivity index (χ3n) is 1.68. The summed E-state index contributed by atoms with van der Waals surface area (Å²) in [5.41, 5.74) is 0. The number of hydrogen-bond donors (Lipinski definition) is 0. The first-order chi connectivity index (χ1) is 7.73. The van der Waals surface area contributed by atoms with Crippen LogP contribution in [0.1, 0.15) is 6.92 Å². The molecule has 0 aromatic rings. The Kier molecular flexibility index (Phi) is 5.11. The molecule has 0 aromatic carbocycles. The minimum absolute atomic E-state index is 0.776. The van der Waals surface area contributed by atoms with Gasteiger partial charge in [-0.1, -0.05) is 0 Å². The molecule has 0 rings (SSSR count).